The fraction of sp³-hybridized carbons (Fsp3) is 0.167. The molecule has 0 bridgehead atoms. The van der Waals surface area contributed by atoms with Crippen molar-refractivity contribution in [1.82, 2.24) is 0 Å². The van der Waals surface area contributed by atoms with E-state index in [0.29, 0.717) is 22.8 Å². The molecule has 2 rings (SSSR count). The predicted molar refractivity (Wildman–Crippen MR) is 86.2 cm³/mol. The molecule has 3 heteroatoms. The van der Waals surface area contributed by atoms with E-state index in [4.69, 9.17) is 16.3 Å². The van der Waals surface area contributed by atoms with E-state index in [0.717, 1.165) is 5.56 Å². The summed E-state index contributed by atoms with van der Waals surface area (Å²) in [7, 11) is 0. The summed E-state index contributed by atoms with van der Waals surface area (Å²) in [6.45, 7) is 5.48. The molecule has 0 heterocycles. The summed E-state index contributed by atoms with van der Waals surface area (Å²) in [6.07, 6.45) is 1.94. The molecule has 0 fully saturated rings. The standard InChI is InChI=1S/C18H17ClO2/c1-3-7-14-8-4-5-11-17(14)21-13(2)18(20)15-9-6-10-16(19)12-15/h3-6,8-13H,1,7H2,2H3. The summed E-state index contributed by atoms with van der Waals surface area (Å²) >= 11 is 5.92. The Morgan fingerprint density at radius 3 is 2.76 bits per heavy atom. The molecule has 2 nitrogen and oxygen atoms in total. The van der Waals surface area contributed by atoms with Crippen LogP contribution in [-0.2, 0) is 6.42 Å². The number of hydrogen-bond donors (Lipinski definition) is 0. The normalized spacial score (nSPS) is 11.7. The van der Waals surface area contributed by atoms with Gasteiger partial charge < -0.3 is 4.74 Å². The lowest BCUT2D eigenvalue weighted by Crippen LogP contribution is -2.24. The van der Waals surface area contributed by atoms with Gasteiger partial charge in [0.05, 0.1) is 0 Å². The van der Waals surface area contributed by atoms with Crippen LogP contribution in [0.4, 0.5) is 0 Å². The maximum atomic E-state index is 12.4. The maximum Gasteiger partial charge on any atom is 0.203 e. The predicted octanol–water partition coefficient (Wildman–Crippen LogP) is 4.72. The number of hydrogen-bond acceptors (Lipinski definition) is 2. The van der Waals surface area contributed by atoms with Gasteiger partial charge in [0, 0.05) is 10.6 Å². The second-order valence-electron chi connectivity index (χ2n) is 4.74. The summed E-state index contributed by atoms with van der Waals surface area (Å²) in [6, 6.07) is 14.5. The molecule has 1 atom stereocenters. The Hall–Kier alpha value is -2.06. The molecule has 0 aromatic heterocycles. The van der Waals surface area contributed by atoms with E-state index in [2.05, 4.69) is 6.58 Å². The van der Waals surface area contributed by atoms with E-state index >= 15 is 0 Å². The monoisotopic (exact) mass is 300 g/mol. The van der Waals surface area contributed by atoms with E-state index in [1.165, 1.54) is 0 Å². The highest BCUT2D eigenvalue weighted by atomic mass is 35.5. The minimum absolute atomic E-state index is 0.0918. The molecule has 0 amide bonds. The Balaban J connectivity index is 2.16. The summed E-state index contributed by atoms with van der Waals surface area (Å²) in [5.74, 6) is 0.617. The molecule has 0 N–H and O–H groups in total. The van der Waals surface area contributed by atoms with Crippen LogP contribution in [0.2, 0.25) is 5.02 Å². The third-order valence-corrected chi connectivity index (χ3v) is 3.35. The van der Waals surface area contributed by atoms with Gasteiger partial charge in [-0.1, -0.05) is 48.0 Å². The molecule has 2 aromatic rings. The highest BCUT2D eigenvalue weighted by molar-refractivity contribution is 6.31. The lowest BCUT2D eigenvalue weighted by Gasteiger charge is -2.16. The number of Topliss-reactive ketones (excluding diaryl/α,β-unsaturated/α-hetero) is 1. The fourth-order valence-corrected chi connectivity index (χ4v) is 2.25. The van der Waals surface area contributed by atoms with Crippen molar-refractivity contribution in [2.45, 2.75) is 19.4 Å². The van der Waals surface area contributed by atoms with Crippen LogP contribution in [0.25, 0.3) is 0 Å². The van der Waals surface area contributed by atoms with Crippen LogP contribution in [0.3, 0.4) is 0 Å². The summed E-state index contributed by atoms with van der Waals surface area (Å²) < 4.78 is 5.81. The number of para-hydroxylation sites is 1. The molecule has 1 unspecified atom stereocenters. The Labute approximate surface area is 130 Å². The zero-order valence-corrected chi connectivity index (χ0v) is 12.6. The zero-order chi connectivity index (χ0) is 15.2. The number of ether oxygens (including phenoxy) is 1. The largest absolute Gasteiger partial charge is 0.482 e. The second-order valence-corrected chi connectivity index (χ2v) is 5.17. The molecule has 0 aliphatic rings. The first kappa shape index (κ1) is 15.3. The van der Waals surface area contributed by atoms with Crippen molar-refractivity contribution in [1.29, 1.82) is 0 Å². The topological polar surface area (TPSA) is 26.3 Å². The van der Waals surface area contributed by atoms with Gasteiger partial charge in [-0.15, -0.1) is 6.58 Å². The van der Waals surface area contributed by atoms with Gasteiger partial charge in [-0.05, 0) is 37.1 Å². The van der Waals surface area contributed by atoms with E-state index in [1.54, 1.807) is 31.2 Å². The number of benzene rings is 2. The first-order valence-electron chi connectivity index (χ1n) is 6.77. The van der Waals surface area contributed by atoms with Crippen LogP contribution in [0, 0.1) is 0 Å². The Bertz CT molecular complexity index is 649. The number of halogens is 1. The fourth-order valence-electron chi connectivity index (χ4n) is 2.06. The highest BCUT2D eigenvalue weighted by Crippen LogP contribution is 2.21. The van der Waals surface area contributed by atoms with Gasteiger partial charge in [-0.3, -0.25) is 4.79 Å². The first-order chi connectivity index (χ1) is 10.1. The van der Waals surface area contributed by atoms with Crippen molar-refractivity contribution >= 4 is 17.4 Å². The minimum Gasteiger partial charge on any atom is -0.482 e. The summed E-state index contributed by atoms with van der Waals surface area (Å²) in [5, 5.41) is 0.542. The first-order valence-corrected chi connectivity index (χ1v) is 7.15. The van der Waals surface area contributed by atoms with Crippen LogP contribution in [-0.4, -0.2) is 11.9 Å². The van der Waals surface area contributed by atoms with Crippen LogP contribution in [0.1, 0.15) is 22.8 Å². The van der Waals surface area contributed by atoms with Crippen molar-refractivity contribution in [3.05, 3.63) is 77.3 Å². The van der Waals surface area contributed by atoms with Gasteiger partial charge >= 0.3 is 0 Å². The molecule has 0 spiro atoms. The number of carbonyl (C=O) groups is 1. The van der Waals surface area contributed by atoms with Crippen LogP contribution in [0.5, 0.6) is 5.75 Å². The maximum absolute atomic E-state index is 12.4. The van der Waals surface area contributed by atoms with E-state index in [-0.39, 0.29) is 5.78 Å². The van der Waals surface area contributed by atoms with Gasteiger partial charge in [0.25, 0.3) is 0 Å². The quantitative estimate of drug-likeness (QED) is 0.570. The second kappa shape index (κ2) is 7.09. The van der Waals surface area contributed by atoms with Crippen molar-refractivity contribution in [3.8, 4) is 5.75 Å². The summed E-state index contributed by atoms with van der Waals surface area (Å²) in [4.78, 5) is 12.4. The molecular weight excluding hydrogens is 284 g/mol. The molecule has 0 saturated heterocycles. The Kier molecular flexibility index (Phi) is 5.18. The van der Waals surface area contributed by atoms with Crippen LogP contribution in [0.15, 0.2) is 61.2 Å². The van der Waals surface area contributed by atoms with Crippen LogP contribution >= 0.6 is 11.6 Å². The third kappa shape index (κ3) is 3.96. The molecule has 21 heavy (non-hydrogen) atoms. The van der Waals surface area contributed by atoms with Gasteiger partial charge in [-0.25, -0.2) is 0 Å². The van der Waals surface area contributed by atoms with E-state index in [1.807, 2.05) is 30.3 Å². The van der Waals surface area contributed by atoms with Gasteiger partial charge in [0.15, 0.2) is 6.10 Å². The average molecular weight is 301 g/mol. The Morgan fingerprint density at radius 2 is 2.05 bits per heavy atom. The van der Waals surface area contributed by atoms with Crippen molar-refractivity contribution in [3.63, 3.8) is 0 Å². The smallest absolute Gasteiger partial charge is 0.203 e. The van der Waals surface area contributed by atoms with Gasteiger partial charge in [0.1, 0.15) is 5.75 Å². The molecular formula is C18H17ClO2. The SMILES string of the molecule is C=CCc1ccccc1OC(C)C(=O)c1cccc(Cl)c1. The summed E-state index contributed by atoms with van der Waals surface area (Å²) in [5.41, 5.74) is 1.56. The number of ketones is 1. The lowest BCUT2D eigenvalue weighted by molar-refractivity contribution is 0.0817. The molecule has 0 saturated carbocycles. The van der Waals surface area contributed by atoms with Crippen molar-refractivity contribution < 1.29 is 9.53 Å². The van der Waals surface area contributed by atoms with Crippen molar-refractivity contribution in [2.75, 3.05) is 0 Å². The number of allylic oxidation sites excluding steroid dienone is 1. The van der Waals surface area contributed by atoms with E-state index in [9.17, 15) is 4.79 Å². The Morgan fingerprint density at radius 1 is 1.29 bits per heavy atom. The van der Waals surface area contributed by atoms with Crippen molar-refractivity contribution in [2.24, 2.45) is 0 Å². The minimum atomic E-state index is -0.575. The lowest BCUT2D eigenvalue weighted by atomic mass is 10.1. The highest BCUT2D eigenvalue weighted by Gasteiger charge is 2.18. The molecule has 0 aliphatic carbocycles. The average Bonchev–Trinajstić information content (AvgIpc) is 2.48. The molecule has 0 radical (unpaired) electrons. The molecule has 2 aromatic carbocycles. The zero-order valence-electron chi connectivity index (χ0n) is 11.9. The van der Waals surface area contributed by atoms with Gasteiger partial charge in [-0.2, -0.15) is 0 Å². The molecule has 108 valence electrons. The van der Waals surface area contributed by atoms with Gasteiger partial charge in [0.2, 0.25) is 5.78 Å². The third-order valence-electron chi connectivity index (χ3n) is 3.12. The van der Waals surface area contributed by atoms with Crippen LogP contribution < -0.4 is 4.74 Å². The van der Waals surface area contributed by atoms with E-state index < -0.39 is 6.10 Å². The molecule has 0 aliphatic heterocycles. The number of carbonyl (C=O) groups excluding carboxylic acids is 1. The number of rotatable bonds is 6.